The van der Waals surface area contributed by atoms with Crippen LogP contribution in [-0.2, 0) is 4.79 Å². The van der Waals surface area contributed by atoms with Crippen molar-refractivity contribution < 1.29 is 9.90 Å². The molecular formula is C12H15BrO2. The van der Waals surface area contributed by atoms with Crippen LogP contribution in [0.3, 0.4) is 0 Å². The lowest BCUT2D eigenvalue weighted by Crippen LogP contribution is -1.91. The number of hydrogen-bond donors (Lipinski definition) is 1. The fourth-order valence-corrected chi connectivity index (χ4v) is 1.43. The molecule has 0 aliphatic rings. The summed E-state index contributed by atoms with van der Waals surface area (Å²) in [7, 11) is 0. The first-order chi connectivity index (χ1) is 7.06. The van der Waals surface area contributed by atoms with Gasteiger partial charge in [0, 0.05) is 10.9 Å². The molecule has 1 N–H and O–H groups in total. The molecule has 0 heterocycles. The van der Waals surface area contributed by atoms with Crippen molar-refractivity contribution in [2.75, 3.05) is 0 Å². The van der Waals surface area contributed by atoms with E-state index < -0.39 is 5.97 Å². The van der Waals surface area contributed by atoms with Gasteiger partial charge in [0.2, 0.25) is 0 Å². The summed E-state index contributed by atoms with van der Waals surface area (Å²) in [6.45, 7) is 5.75. The molecule has 0 aromatic rings. The average Bonchev–Trinajstić information content (AvgIpc) is 2.12. The third kappa shape index (κ3) is 9.22. The SMILES string of the molecule is C=C(/C=C/CCC(=O)O)/C=C(Br)\C=C/C. The Bertz CT molecular complexity index is 312. The molecule has 0 aliphatic carbocycles. The molecule has 0 rings (SSSR count). The van der Waals surface area contributed by atoms with E-state index in [1.165, 1.54) is 0 Å². The molecule has 0 saturated heterocycles. The lowest BCUT2D eigenvalue weighted by molar-refractivity contribution is -0.136. The van der Waals surface area contributed by atoms with Gasteiger partial charge in [0.25, 0.3) is 0 Å². The van der Waals surface area contributed by atoms with Crippen molar-refractivity contribution in [3.05, 3.63) is 47.0 Å². The summed E-state index contributed by atoms with van der Waals surface area (Å²) in [6, 6.07) is 0. The van der Waals surface area contributed by atoms with Gasteiger partial charge in [0.1, 0.15) is 0 Å². The van der Waals surface area contributed by atoms with E-state index in [2.05, 4.69) is 22.5 Å². The predicted molar refractivity (Wildman–Crippen MR) is 67.0 cm³/mol. The van der Waals surface area contributed by atoms with E-state index in [0.29, 0.717) is 6.42 Å². The zero-order chi connectivity index (χ0) is 11.7. The van der Waals surface area contributed by atoms with Crippen LogP contribution >= 0.6 is 15.9 Å². The highest BCUT2D eigenvalue weighted by molar-refractivity contribution is 9.11. The molecule has 0 bridgehead atoms. The summed E-state index contributed by atoms with van der Waals surface area (Å²) in [5.74, 6) is -0.782. The first kappa shape index (κ1) is 13.9. The highest BCUT2D eigenvalue weighted by Crippen LogP contribution is 2.11. The monoisotopic (exact) mass is 270 g/mol. The molecule has 0 aromatic heterocycles. The topological polar surface area (TPSA) is 37.3 Å². The Hall–Kier alpha value is -1.09. The van der Waals surface area contributed by atoms with Crippen LogP contribution in [0.2, 0.25) is 0 Å². The van der Waals surface area contributed by atoms with Gasteiger partial charge in [-0.1, -0.05) is 46.8 Å². The van der Waals surface area contributed by atoms with Crippen molar-refractivity contribution in [1.29, 1.82) is 0 Å². The Labute approximate surface area is 98.8 Å². The molecule has 0 unspecified atom stereocenters. The van der Waals surface area contributed by atoms with Gasteiger partial charge in [-0.2, -0.15) is 0 Å². The molecule has 2 nitrogen and oxygen atoms in total. The van der Waals surface area contributed by atoms with E-state index in [1.54, 1.807) is 0 Å². The van der Waals surface area contributed by atoms with Crippen LogP contribution < -0.4 is 0 Å². The van der Waals surface area contributed by atoms with Crippen LogP contribution in [-0.4, -0.2) is 11.1 Å². The van der Waals surface area contributed by atoms with Crippen LogP contribution in [0.25, 0.3) is 0 Å². The van der Waals surface area contributed by atoms with Gasteiger partial charge in [-0.15, -0.1) is 0 Å². The third-order valence-electron chi connectivity index (χ3n) is 1.51. The van der Waals surface area contributed by atoms with Crippen LogP contribution in [0.15, 0.2) is 47.0 Å². The number of hydrogen-bond acceptors (Lipinski definition) is 1. The molecule has 0 saturated carbocycles. The van der Waals surface area contributed by atoms with E-state index in [-0.39, 0.29) is 6.42 Å². The second kappa shape index (κ2) is 8.24. The first-order valence-corrected chi connectivity index (χ1v) is 5.42. The quantitative estimate of drug-likeness (QED) is 0.746. The highest BCUT2D eigenvalue weighted by atomic mass is 79.9. The van der Waals surface area contributed by atoms with E-state index in [0.717, 1.165) is 10.1 Å². The lowest BCUT2D eigenvalue weighted by atomic mass is 10.2. The molecule has 0 amide bonds. The zero-order valence-electron chi connectivity index (χ0n) is 8.74. The van der Waals surface area contributed by atoms with Gasteiger partial charge < -0.3 is 5.11 Å². The normalized spacial score (nSPS) is 12.5. The van der Waals surface area contributed by atoms with Gasteiger partial charge >= 0.3 is 5.97 Å². The maximum atomic E-state index is 10.2. The Balaban J connectivity index is 4.03. The highest BCUT2D eigenvalue weighted by Gasteiger charge is 1.92. The van der Waals surface area contributed by atoms with Crippen molar-refractivity contribution in [3.63, 3.8) is 0 Å². The minimum Gasteiger partial charge on any atom is -0.481 e. The van der Waals surface area contributed by atoms with Crippen LogP contribution in [0, 0.1) is 0 Å². The number of aliphatic carboxylic acids is 1. The summed E-state index contributed by atoms with van der Waals surface area (Å²) < 4.78 is 0.942. The van der Waals surface area contributed by atoms with E-state index in [9.17, 15) is 4.79 Å². The maximum Gasteiger partial charge on any atom is 0.303 e. The second-order valence-electron chi connectivity index (χ2n) is 2.94. The number of carboxylic acids is 1. The number of carbonyl (C=O) groups is 1. The molecular weight excluding hydrogens is 256 g/mol. The minimum absolute atomic E-state index is 0.156. The van der Waals surface area contributed by atoms with E-state index in [4.69, 9.17) is 5.11 Å². The second-order valence-corrected chi connectivity index (χ2v) is 3.85. The molecule has 0 aliphatic heterocycles. The molecule has 0 spiro atoms. The molecule has 0 atom stereocenters. The van der Waals surface area contributed by atoms with Crippen LogP contribution in [0.4, 0.5) is 0 Å². The minimum atomic E-state index is -0.782. The predicted octanol–water partition coefficient (Wildman–Crippen LogP) is 3.82. The summed E-state index contributed by atoms with van der Waals surface area (Å²) >= 11 is 3.36. The Morgan fingerprint density at radius 1 is 1.47 bits per heavy atom. The van der Waals surface area contributed by atoms with Gasteiger partial charge in [-0.25, -0.2) is 0 Å². The molecule has 15 heavy (non-hydrogen) atoms. The molecule has 0 fully saturated rings. The fourth-order valence-electron chi connectivity index (χ4n) is 0.874. The number of rotatable bonds is 6. The van der Waals surface area contributed by atoms with Crippen molar-refractivity contribution in [2.24, 2.45) is 0 Å². The van der Waals surface area contributed by atoms with Gasteiger partial charge in [0.05, 0.1) is 0 Å². The largest absolute Gasteiger partial charge is 0.481 e. The molecule has 0 radical (unpaired) electrons. The van der Waals surface area contributed by atoms with Crippen molar-refractivity contribution in [3.8, 4) is 0 Å². The molecule has 0 aromatic carbocycles. The Morgan fingerprint density at radius 3 is 2.67 bits per heavy atom. The van der Waals surface area contributed by atoms with Crippen LogP contribution in [0.1, 0.15) is 19.8 Å². The van der Waals surface area contributed by atoms with Gasteiger partial charge in [0.15, 0.2) is 0 Å². The molecule has 82 valence electrons. The summed E-state index contributed by atoms with van der Waals surface area (Å²) in [4.78, 5) is 10.2. The fraction of sp³-hybridized carbons (Fsp3) is 0.250. The zero-order valence-corrected chi connectivity index (χ0v) is 10.3. The maximum absolute atomic E-state index is 10.2. The summed E-state index contributed by atoms with van der Waals surface area (Å²) in [5.41, 5.74) is 0.838. The standard InChI is InChI=1S/C12H15BrO2/c1-3-6-11(13)9-10(2)7-4-5-8-12(14)15/h3-4,6-7,9H,2,5,8H2,1H3,(H,14,15)/b6-3-,7-4+,11-9+. The number of carboxylic acid groups (broad SMARTS) is 1. The van der Waals surface area contributed by atoms with E-state index >= 15 is 0 Å². The van der Waals surface area contributed by atoms with E-state index in [1.807, 2.05) is 37.3 Å². The van der Waals surface area contributed by atoms with Crippen molar-refractivity contribution in [1.82, 2.24) is 0 Å². The third-order valence-corrected chi connectivity index (χ3v) is 2.00. The number of allylic oxidation sites excluding steroid dienone is 7. The smallest absolute Gasteiger partial charge is 0.303 e. The summed E-state index contributed by atoms with van der Waals surface area (Å²) in [5, 5.41) is 8.41. The van der Waals surface area contributed by atoms with Gasteiger partial charge in [-0.05, 0) is 25.0 Å². The Morgan fingerprint density at radius 2 is 2.13 bits per heavy atom. The number of halogens is 1. The van der Waals surface area contributed by atoms with Crippen molar-refractivity contribution in [2.45, 2.75) is 19.8 Å². The lowest BCUT2D eigenvalue weighted by Gasteiger charge is -1.92. The summed E-state index contributed by atoms with van der Waals surface area (Å²) in [6.07, 6.45) is 10.0. The van der Waals surface area contributed by atoms with Gasteiger partial charge in [-0.3, -0.25) is 4.79 Å². The first-order valence-electron chi connectivity index (χ1n) is 4.63. The van der Waals surface area contributed by atoms with Crippen LogP contribution in [0.5, 0.6) is 0 Å². The average molecular weight is 271 g/mol. The van der Waals surface area contributed by atoms with Crippen molar-refractivity contribution >= 4 is 21.9 Å². The molecule has 3 heteroatoms. The Kier molecular flexibility index (Phi) is 7.64.